The summed E-state index contributed by atoms with van der Waals surface area (Å²) >= 11 is 0. The summed E-state index contributed by atoms with van der Waals surface area (Å²) in [4.78, 5) is 19.8. The number of fused-ring (bicyclic) bond motifs is 1. The van der Waals surface area contributed by atoms with Crippen LogP contribution in [-0.2, 0) is 24.1 Å². The Bertz CT molecular complexity index is 1130. The van der Waals surface area contributed by atoms with Crippen LogP contribution in [0.25, 0.3) is 11.3 Å². The highest BCUT2D eigenvalue weighted by Gasteiger charge is 2.16. The molecule has 0 atom stereocenters. The van der Waals surface area contributed by atoms with Crippen LogP contribution in [0.1, 0.15) is 29.2 Å². The lowest BCUT2D eigenvalue weighted by Crippen LogP contribution is -2.17. The van der Waals surface area contributed by atoms with Gasteiger partial charge in [0, 0.05) is 18.2 Å². The highest BCUT2D eigenvalue weighted by molar-refractivity contribution is 5.72. The van der Waals surface area contributed by atoms with E-state index in [0.717, 1.165) is 58.1 Å². The number of benzene rings is 2. The summed E-state index contributed by atoms with van der Waals surface area (Å²) in [6, 6.07) is 11.8. The topological polar surface area (TPSA) is 93.6 Å². The van der Waals surface area contributed by atoms with Gasteiger partial charge < -0.3 is 19.9 Å². The number of carboxylic acids is 1. The molecule has 7 heteroatoms. The molecule has 3 aromatic rings. The average Bonchev–Trinajstić information content (AvgIpc) is 2.81. The second-order valence-corrected chi connectivity index (χ2v) is 7.75. The molecule has 0 fully saturated rings. The Morgan fingerprint density at radius 1 is 1.06 bits per heavy atom. The number of ether oxygens (including phenoxy) is 2. The lowest BCUT2D eigenvalue weighted by molar-refractivity contribution is -0.136. The highest BCUT2D eigenvalue weighted by atomic mass is 16.6. The number of hydrogen-bond acceptors (Lipinski definition) is 6. The fraction of sp³-hybridized carbons (Fsp3) is 0.320. The summed E-state index contributed by atoms with van der Waals surface area (Å²) in [5, 5.41) is 12.5. The van der Waals surface area contributed by atoms with Crippen LogP contribution in [0.15, 0.2) is 42.7 Å². The first-order chi connectivity index (χ1) is 15.5. The van der Waals surface area contributed by atoms with Gasteiger partial charge >= 0.3 is 5.97 Å². The van der Waals surface area contributed by atoms with Gasteiger partial charge in [-0.15, -0.1) is 0 Å². The van der Waals surface area contributed by atoms with E-state index in [2.05, 4.69) is 28.3 Å². The molecule has 0 amide bonds. The van der Waals surface area contributed by atoms with E-state index in [1.165, 1.54) is 5.56 Å². The van der Waals surface area contributed by atoms with Gasteiger partial charge in [0.05, 0.1) is 12.1 Å². The molecule has 0 bridgehead atoms. The monoisotopic (exact) mass is 433 g/mol. The molecule has 1 aromatic heterocycles. The maximum atomic E-state index is 11.1. The predicted octanol–water partition coefficient (Wildman–Crippen LogP) is 4.07. The fourth-order valence-electron chi connectivity index (χ4n) is 3.95. The Balaban J connectivity index is 1.44. The van der Waals surface area contributed by atoms with Crippen LogP contribution in [0.5, 0.6) is 11.5 Å². The number of rotatable bonds is 8. The largest absolute Gasteiger partial charge is 0.486 e. The summed E-state index contributed by atoms with van der Waals surface area (Å²) in [7, 11) is 0. The Morgan fingerprint density at radius 3 is 2.69 bits per heavy atom. The molecule has 166 valence electrons. The Labute approximate surface area is 187 Å². The third-order valence-corrected chi connectivity index (χ3v) is 5.66. The molecule has 2 N–H and O–H groups in total. The molecule has 0 aliphatic carbocycles. The SMILES string of the molecule is CCc1cc(-c2cc(NCCc3ccc4c(c3C)OCCO4)ncn2)ccc1CC(=O)O. The summed E-state index contributed by atoms with van der Waals surface area (Å²) < 4.78 is 11.4. The second-order valence-electron chi connectivity index (χ2n) is 7.75. The van der Waals surface area contributed by atoms with Gasteiger partial charge in [0.2, 0.25) is 0 Å². The molecular weight excluding hydrogens is 406 g/mol. The van der Waals surface area contributed by atoms with Gasteiger partial charge in [0.15, 0.2) is 11.5 Å². The number of aromatic nitrogens is 2. The number of hydrogen-bond donors (Lipinski definition) is 2. The average molecular weight is 434 g/mol. The zero-order valence-electron chi connectivity index (χ0n) is 18.4. The van der Waals surface area contributed by atoms with Crippen LogP contribution < -0.4 is 14.8 Å². The molecule has 1 aliphatic rings. The zero-order valence-corrected chi connectivity index (χ0v) is 18.4. The quantitative estimate of drug-likeness (QED) is 0.553. The number of aliphatic carboxylic acids is 1. The van der Waals surface area contributed by atoms with E-state index in [1.54, 1.807) is 6.33 Å². The first kappa shape index (κ1) is 21.6. The molecule has 2 heterocycles. The van der Waals surface area contributed by atoms with Crippen LogP contribution >= 0.6 is 0 Å². The molecule has 2 aromatic carbocycles. The Kier molecular flexibility index (Phi) is 6.54. The number of carbonyl (C=O) groups is 1. The lowest BCUT2D eigenvalue weighted by Gasteiger charge is -2.21. The number of anilines is 1. The van der Waals surface area contributed by atoms with E-state index in [4.69, 9.17) is 14.6 Å². The molecule has 4 rings (SSSR count). The second kappa shape index (κ2) is 9.68. The summed E-state index contributed by atoms with van der Waals surface area (Å²) in [6.07, 6.45) is 3.16. The van der Waals surface area contributed by atoms with Gasteiger partial charge in [0.1, 0.15) is 25.4 Å². The molecule has 0 saturated carbocycles. The minimum Gasteiger partial charge on any atom is -0.486 e. The van der Waals surface area contributed by atoms with E-state index in [1.807, 2.05) is 37.3 Å². The van der Waals surface area contributed by atoms with Crippen LogP contribution in [-0.4, -0.2) is 40.8 Å². The van der Waals surface area contributed by atoms with E-state index in [9.17, 15) is 4.79 Å². The van der Waals surface area contributed by atoms with Crippen molar-refractivity contribution in [3.05, 3.63) is 65.0 Å². The third kappa shape index (κ3) is 4.82. The Hall–Kier alpha value is -3.61. The number of nitrogens with zero attached hydrogens (tertiary/aromatic N) is 2. The normalized spacial score (nSPS) is 12.4. The van der Waals surface area contributed by atoms with Gasteiger partial charge in [-0.1, -0.05) is 25.1 Å². The highest BCUT2D eigenvalue weighted by Crippen LogP contribution is 2.35. The van der Waals surface area contributed by atoms with Gasteiger partial charge in [-0.05, 0) is 54.2 Å². The smallest absolute Gasteiger partial charge is 0.307 e. The first-order valence-electron chi connectivity index (χ1n) is 10.8. The van der Waals surface area contributed by atoms with Gasteiger partial charge in [-0.3, -0.25) is 4.79 Å². The van der Waals surface area contributed by atoms with Gasteiger partial charge in [0.25, 0.3) is 0 Å². The van der Waals surface area contributed by atoms with Crippen molar-refractivity contribution < 1.29 is 19.4 Å². The molecule has 0 radical (unpaired) electrons. The van der Waals surface area contributed by atoms with Crippen molar-refractivity contribution in [3.8, 4) is 22.8 Å². The van der Waals surface area contributed by atoms with Crippen LogP contribution in [0.3, 0.4) is 0 Å². The fourth-order valence-corrected chi connectivity index (χ4v) is 3.95. The van der Waals surface area contributed by atoms with Gasteiger partial charge in [-0.25, -0.2) is 9.97 Å². The van der Waals surface area contributed by atoms with E-state index < -0.39 is 5.97 Å². The zero-order chi connectivity index (χ0) is 22.5. The lowest BCUT2D eigenvalue weighted by atomic mass is 9.98. The molecule has 7 nitrogen and oxygen atoms in total. The molecule has 0 unspecified atom stereocenters. The first-order valence-corrected chi connectivity index (χ1v) is 10.8. The Morgan fingerprint density at radius 2 is 1.88 bits per heavy atom. The van der Waals surface area contributed by atoms with Crippen LogP contribution in [0.2, 0.25) is 0 Å². The molecular formula is C25H27N3O4. The molecule has 0 spiro atoms. The minimum atomic E-state index is -0.825. The minimum absolute atomic E-state index is 0.0271. The molecule has 1 aliphatic heterocycles. The summed E-state index contributed by atoms with van der Waals surface area (Å²) in [5.41, 5.74) is 5.93. The van der Waals surface area contributed by atoms with Crippen molar-refractivity contribution in [3.63, 3.8) is 0 Å². The van der Waals surface area contributed by atoms with Crippen molar-refractivity contribution >= 4 is 11.8 Å². The van der Waals surface area contributed by atoms with Crippen LogP contribution in [0, 0.1) is 6.92 Å². The summed E-state index contributed by atoms with van der Waals surface area (Å²) in [5.74, 6) is 1.58. The maximum Gasteiger partial charge on any atom is 0.307 e. The third-order valence-electron chi connectivity index (χ3n) is 5.66. The van der Waals surface area contributed by atoms with E-state index in [-0.39, 0.29) is 6.42 Å². The number of nitrogens with one attached hydrogen (secondary N) is 1. The van der Waals surface area contributed by atoms with Crippen LogP contribution in [0.4, 0.5) is 5.82 Å². The summed E-state index contributed by atoms with van der Waals surface area (Å²) in [6.45, 7) is 5.97. The maximum absolute atomic E-state index is 11.1. The van der Waals surface area contributed by atoms with Crippen molar-refractivity contribution in [2.45, 2.75) is 33.1 Å². The number of carboxylic acid groups (broad SMARTS) is 1. The predicted molar refractivity (Wildman–Crippen MR) is 123 cm³/mol. The van der Waals surface area contributed by atoms with Crippen molar-refractivity contribution in [2.75, 3.05) is 25.1 Å². The van der Waals surface area contributed by atoms with E-state index >= 15 is 0 Å². The molecule has 0 saturated heterocycles. The standard InChI is InChI=1S/C25H27N3O4/c1-3-17-12-20(5-4-19(17)13-24(29)30)21-14-23(28-15-27-21)26-9-8-18-6-7-22-25(16(18)2)32-11-10-31-22/h4-7,12,14-15H,3,8-11,13H2,1-2H3,(H,29,30)(H,26,27,28). The number of aryl methyl sites for hydroxylation is 1. The van der Waals surface area contributed by atoms with Crippen molar-refractivity contribution in [1.29, 1.82) is 0 Å². The molecule has 32 heavy (non-hydrogen) atoms. The van der Waals surface area contributed by atoms with Crippen molar-refractivity contribution in [1.82, 2.24) is 9.97 Å². The van der Waals surface area contributed by atoms with Gasteiger partial charge in [-0.2, -0.15) is 0 Å². The van der Waals surface area contributed by atoms with Crippen molar-refractivity contribution in [2.24, 2.45) is 0 Å². The van der Waals surface area contributed by atoms with E-state index in [0.29, 0.717) is 19.8 Å².